The Labute approximate surface area is 87.8 Å². The first kappa shape index (κ1) is 11.4. The lowest BCUT2D eigenvalue weighted by atomic mass is 10.3. The number of aromatic nitrogens is 2. The molecule has 1 amide bonds. The van der Waals surface area contributed by atoms with E-state index in [2.05, 4.69) is 9.97 Å². The van der Waals surface area contributed by atoms with Gasteiger partial charge in [0, 0.05) is 7.05 Å². The fourth-order valence-electron chi connectivity index (χ4n) is 0.994. The van der Waals surface area contributed by atoms with Gasteiger partial charge in [-0.05, 0) is 6.92 Å². The van der Waals surface area contributed by atoms with Crippen molar-refractivity contribution in [2.45, 2.75) is 6.92 Å². The van der Waals surface area contributed by atoms with Crippen LogP contribution >= 0.6 is 0 Å². The van der Waals surface area contributed by atoms with Crippen molar-refractivity contribution < 1.29 is 14.4 Å². The van der Waals surface area contributed by atoms with Crippen LogP contribution in [0.4, 0.5) is 0 Å². The van der Waals surface area contributed by atoms with Gasteiger partial charge in [0.15, 0.2) is 11.4 Å². The van der Waals surface area contributed by atoms with E-state index in [-0.39, 0.29) is 11.6 Å². The highest BCUT2D eigenvalue weighted by molar-refractivity contribution is 5.93. The van der Waals surface area contributed by atoms with Gasteiger partial charge in [-0.3, -0.25) is 9.63 Å². The van der Waals surface area contributed by atoms with Gasteiger partial charge in [0.1, 0.15) is 5.82 Å². The van der Waals surface area contributed by atoms with Crippen LogP contribution in [0.1, 0.15) is 16.3 Å². The Hall–Kier alpha value is -1.69. The first-order valence-electron chi connectivity index (χ1n) is 4.30. The maximum absolute atomic E-state index is 11.7. The van der Waals surface area contributed by atoms with Crippen LogP contribution in [0.2, 0.25) is 0 Å². The first-order valence-corrected chi connectivity index (χ1v) is 4.30. The number of methoxy groups -OCH3 is 1. The van der Waals surface area contributed by atoms with Crippen molar-refractivity contribution in [3.63, 3.8) is 0 Å². The van der Waals surface area contributed by atoms with Crippen LogP contribution in [0.5, 0.6) is 5.75 Å². The summed E-state index contributed by atoms with van der Waals surface area (Å²) in [5, 5.41) is 1.07. The van der Waals surface area contributed by atoms with Crippen molar-refractivity contribution in [2.24, 2.45) is 0 Å². The highest BCUT2D eigenvalue weighted by Gasteiger charge is 2.18. The maximum atomic E-state index is 11.7. The summed E-state index contributed by atoms with van der Waals surface area (Å²) in [6, 6.07) is 0. The Balaban J connectivity index is 3.11. The second-order valence-corrected chi connectivity index (χ2v) is 2.82. The summed E-state index contributed by atoms with van der Waals surface area (Å²) in [5.74, 6) is 0.456. The van der Waals surface area contributed by atoms with E-state index in [0.717, 1.165) is 5.06 Å². The second kappa shape index (κ2) is 4.70. The van der Waals surface area contributed by atoms with Crippen molar-refractivity contribution in [3.05, 3.63) is 17.7 Å². The number of hydrogen-bond donors (Lipinski definition) is 0. The fraction of sp³-hybridized carbons (Fsp3) is 0.444. The van der Waals surface area contributed by atoms with E-state index in [0.29, 0.717) is 11.6 Å². The van der Waals surface area contributed by atoms with Gasteiger partial charge in [0.05, 0.1) is 20.4 Å². The zero-order valence-electron chi connectivity index (χ0n) is 9.14. The molecule has 0 saturated carbocycles. The fourth-order valence-corrected chi connectivity index (χ4v) is 0.994. The number of carbonyl (C=O) groups is 1. The Bertz CT molecular complexity index is 368. The molecule has 1 rings (SSSR count). The van der Waals surface area contributed by atoms with Crippen LogP contribution < -0.4 is 4.74 Å². The molecule has 0 bridgehead atoms. The lowest BCUT2D eigenvalue weighted by molar-refractivity contribution is -0.0762. The summed E-state index contributed by atoms with van der Waals surface area (Å²) in [6.07, 6.45) is 1.46. The minimum atomic E-state index is -0.375. The third-order valence-electron chi connectivity index (χ3n) is 1.86. The van der Waals surface area contributed by atoms with Gasteiger partial charge < -0.3 is 4.74 Å². The number of hydrogen-bond acceptors (Lipinski definition) is 5. The molecule has 6 nitrogen and oxygen atoms in total. The smallest absolute Gasteiger partial charge is 0.299 e. The molecule has 0 radical (unpaired) electrons. The summed E-state index contributed by atoms with van der Waals surface area (Å²) in [5.41, 5.74) is 0.189. The zero-order valence-corrected chi connectivity index (χ0v) is 9.14. The molecule has 82 valence electrons. The number of ether oxygens (including phenoxy) is 1. The van der Waals surface area contributed by atoms with Gasteiger partial charge in [0.2, 0.25) is 0 Å². The van der Waals surface area contributed by atoms with Gasteiger partial charge in [-0.25, -0.2) is 15.0 Å². The van der Waals surface area contributed by atoms with Crippen LogP contribution in [0.15, 0.2) is 6.20 Å². The minimum Gasteiger partial charge on any atom is -0.493 e. The summed E-state index contributed by atoms with van der Waals surface area (Å²) in [4.78, 5) is 24.4. The molecule has 0 aliphatic rings. The molecule has 0 aliphatic carbocycles. The van der Waals surface area contributed by atoms with Crippen molar-refractivity contribution in [2.75, 3.05) is 21.3 Å². The molecule has 0 N–H and O–H groups in total. The number of carbonyl (C=O) groups excluding carboxylic acids is 1. The SMILES string of the molecule is COc1cnc(C)nc1C(=O)N(C)OC. The Morgan fingerprint density at radius 1 is 1.47 bits per heavy atom. The molecule has 0 unspecified atom stereocenters. The van der Waals surface area contributed by atoms with E-state index in [4.69, 9.17) is 9.57 Å². The zero-order chi connectivity index (χ0) is 11.4. The van der Waals surface area contributed by atoms with E-state index >= 15 is 0 Å². The van der Waals surface area contributed by atoms with E-state index in [9.17, 15) is 4.79 Å². The quantitative estimate of drug-likeness (QED) is 0.678. The van der Waals surface area contributed by atoms with Crippen LogP contribution in [0, 0.1) is 6.92 Å². The first-order chi connectivity index (χ1) is 7.10. The highest BCUT2D eigenvalue weighted by atomic mass is 16.7. The molecule has 0 spiro atoms. The van der Waals surface area contributed by atoms with Crippen LogP contribution in [-0.2, 0) is 4.84 Å². The van der Waals surface area contributed by atoms with Crippen molar-refractivity contribution in [1.82, 2.24) is 15.0 Å². The molecule has 6 heteroatoms. The van der Waals surface area contributed by atoms with Gasteiger partial charge in [-0.2, -0.15) is 0 Å². The predicted molar refractivity (Wildman–Crippen MR) is 52.4 cm³/mol. The lowest BCUT2D eigenvalue weighted by Gasteiger charge is -2.14. The number of nitrogens with zero attached hydrogens (tertiary/aromatic N) is 3. The van der Waals surface area contributed by atoms with E-state index < -0.39 is 0 Å². The predicted octanol–water partition coefficient (Wildman–Crippen LogP) is 0.427. The van der Waals surface area contributed by atoms with Crippen molar-refractivity contribution >= 4 is 5.91 Å². The largest absolute Gasteiger partial charge is 0.493 e. The summed E-state index contributed by atoms with van der Waals surface area (Å²) in [7, 11) is 4.36. The molecule has 1 aromatic heterocycles. The molecule has 0 saturated heterocycles. The molecule has 15 heavy (non-hydrogen) atoms. The summed E-state index contributed by atoms with van der Waals surface area (Å²) >= 11 is 0. The molecular weight excluding hydrogens is 198 g/mol. The standard InChI is InChI=1S/C9H13N3O3/c1-6-10-5-7(14-3)8(11-6)9(13)12(2)15-4/h5H,1-4H3. The molecule has 1 aromatic rings. The lowest BCUT2D eigenvalue weighted by Crippen LogP contribution is -2.27. The molecule has 0 atom stereocenters. The maximum Gasteiger partial charge on any atom is 0.299 e. The highest BCUT2D eigenvalue weighted by Crippen LogP contribution is 2.15. The Kier molecular flexibility index (Phi) is 3.56. The molecular formula is C9H13N3O3. The van der Waals surface area contributed by atoms with Crippen molar-refractivity contribution in [3.8, 4) is 5.75 Å². The van der Waals surface area contributed by atoms with Gasteiger partial charge in [-0.15, -0.1) is 0 Å². The number of aryl methyl sites for hydroxylation is 1. The topological polar surface area (TPSA) is 64.6 Å². The molecule has 0 fully saturated rings. The van der Waals surface area contributed by atoms with E-state index in [1.165, 1.54) is 27.5 Å². The van der Waals surface area contributed by atoms with Gasteiger partial charge in [0.25, 0.3) is 5.91 Å². The monoisotopic (exact) mass is 211 g/mol. The van der Waals surface area contributed by atoms with Gasteiger partial charge in [-0.1, -0.05) is 0 Å². The van der Waals surface area contributed by atoms with E-state index in [1.54, 1.807) is 6.92 Å². The number of amides is 1. The third-order valence-corrected chi connectivity index (χ3v) is 1.86. The van der Waals surface area contributed by atoms with Crippen LogP contribution in [-0.4, -0.2) is 42.2 Å². The summed E-state index contributed by atoms with van der Waals surface area (Å²) in [6.45, 7) is 1.70. The normalized spacial score (nSPS) is 9.87. The van der Waals surface area contributed by atoms with Crippen molar-refractivity contribution in [1.29, 1.82) is 0 Å². The number of rotatable bonds is 3. The van der Waals surface area contributed by atoms with Gasteiger partial charge >= 0.3 is 0 Å². The Morgan fingerprint density at radius 3 is 2.67 bits per heavy atom. The molecule has 0 aromatic carbocycles. The molecule has 1 heterocycles. The third kappa shape index (κ3) is 2.41. The van der Waals surface area contributed by atoms with Crippen LogP contribution in [0.25, 0.3) is 0 Å². The minimum absolute atomic E-state index is 0.189. The average molecular weight is 211 g/mol. The summed E-state index contributed by atoms with van der Waals surface area (Å²) < 4.78 is 4.99. The second-order valence-electron chi connectivity index (χ2n) is 2.82. The average Bonchev–Trinajstić information content (AvgIpc) is 2.27. The Morgan fingerprint density at radius 2 is 2.13 bits per heavy atom. The number of hydroxylamine groups is 2. The molecule has 0 aliphatic heterocycles. The van der Waals surface area contributed by atoms with Crippen LogP contribution in [0.3, 0.4) is 0 Å². The van der Waals surface area contributed by atoms with E-state index in [1.807, 2.05) is 0 Å².